The number of hydrogen-bond donors (Lipinski definition) is 5. The first kappa shape index (κ1) is 20.4. The molecule has 0 spiro atoms. The molecule has 1 aliphatic heterocycles. The molecule has 1 fully saturated rings. The average Bonchev–Trinajstić information content (AvgIpc) is 2.55. The van der Waals surface area contributed by atoms with Crippen molar-refractivity contribution in [3.05, 3.63) is 0 Å². The van der Waals surface area contributed by atoms with Crippen molar-refractivity contribution in [1.29, 1.82) is 0 Å². The van der Waals surface area contributed by atoms with Crippen LogP contribution in [0.2, 0.25) is 0 Å². The van der Waals surface area contributed by atoms with E-state index in [1.54, 1.807) is 6.21 Å². The molecule has 1 heterocycles. The van der Waals surface area contributed by atoms with Gasteiger partial charge >= 0.3 is 0 Å². The van der Waals surface area contributed by atoms with Crippen molar-refractivity contribution in [2.75, 3.05) is 19.8 Å². The number of rotatable bonds is 10. The third kappa shape index (κ3) is 6.80. The Hall–Kier alpha value is -0.610. The zero-order valence-corrected chi connectivity index (χ0v) is 13.5. The maximum absolute atomic E-state index is 9.78. The second kappa shape index (κ2) is 11.0. The van der Waals surface area contributed by atoms with Crippen LogP contribution in [0.15, 0.2) is 4.99 Å². The number of nitrogens with zero attached hydrogens (tertiary/aromatic N) is 1. The lowest BCUT2D eigenvalue weighted by molar-refractivity contribution is -0.304. The summed E-state index contributed by atoms with van der Waals surface area (Å²) in [6, 6.07) is 0. The normalized spacial score (nSPS) is 33.2. The fraction of sp³-hybridized carbons (Fsp3) is 0.933. The standard InChI is InChI=1S/C15H29NO7/c1-2-3-4-5-6-16-7-10(18)9-22-15-14(21)13(20)12(19)11(8-17)23-15/h6,10-15,17-21H,2-5,7-9H2,1H3/t10?,11-,12+,13+,14-,15+/m1/s1. The van der Waals surface area contributed by atoms with Gasteiger partial charge in [-0.3, -0.25) is 4.99 Å². The minimum absolute atomic E-state index is 0.144. The van der Waals surface area contributed by atoms with Crippen molar-refractivity contribution in [3.63, 3.8) is 0 Å². The van der Waals surface area contributed by atoms with E-state index >= 15 is 0 Å². The Bertz CT molecular complexity index is 340. The van der Waals surface area contributed by atoms with E-state index in [0.717, 1.165) is 25.7 Å². The zero-order valence-electron chi connectivity index (χ0n) is 13.5. The number of unbranched alkanes of at least 4 members (excludes halogenated alkanes) is 3. The van der Waals surface area contributed by atoms with Crippen molar-refractivity contribution in [2.24, 2.45) is 4.99 Å². The van der Waals surface area contributed by atoms with Crippen molar-refractivity contribution in [3.8, 4) is 0 Å². The predicted molar refractivity (Wildman–Crippen MR) is 83.2 cm³/mol. The van der Waals surface area contributed by atoms with Gasteiger partial charge in [-0.05, 0) is 19.1 Å². The molecule has 1 saturated heterocycles. The van der Waals surface area contributed by atoms with Gasteiger partial charge in [0.15, 0.2) is 6.29 Å². The summed E-state index contributed by atoms with van der Waals surface area (Å²) in [6.45, 7) is 1.63. The van der Waals surface area contributed by atoms with Crippen LogP contribution in [0.1, 0.15) is 32.6 Å². The first-order chi connectivity index (χ1) is 11.0. The maximum atomic E-state index is 9.78. The molecule has 8 nitrogen and oxygen atoms in total. The Labute approximate surface area is 136 Å². The molecule has 136 valence electrons. The van der Waals surface area contributed by atoms with E-state index in [1.165, 1.54) is 0 Å². The Morgan fingerprint density at radius 3 is 2.57 bits per heavy atom. The van der Waals surface area contributed by atoms with Gasteiger partial charge in [0.1, 0.15) is 24.4 Å². The molecule has 5 N–H and O–H groups in total. The lowest BCUT2D eigenvalue weighted by Crippen LogP contribution is -2.59. The molecule has 0 aromatic rings. The molecule has 0 aromatic carbocycles. The minimum atomic E-state index is -1.49. The second-order valence-electron chi connectivity index (χ2n) is 5.73. The maximum Gasteiger partial charge on any atom is 0.186 e. The molecule has 23 heavy (non-hydrogen) atoms. The van der Waals surface area contributed by atoms with E-state index in [9.17, 15) is 20.4 Å². The lowest BCUT2D eigenvalue weighted by atomic mass is 9.99. The Morgan fingerprint density at radius 2 is 1.91 bits per heavy atom. The third-order valence-corrected chi connectivity index (χ3v) is 3.68. The van der Waals surface area contributed by atoms with Crippen LogP contribution in [0.4, 0.5) is 0 Å². The van der Waals surface area contributed by atoms with Gasteiger partial charge in [0.25, 0.3) is 0 Å². The number of aliphatic imine (C=N–C) groups is 1. The number of hydrogen-bond acceptors (Lipinski definition) is 8. The van der Waals surface area contributed by atoms with E-state index in [-0.39, 0.29) is 13.2 Å². The van der Waals surface area contributed by atoms with Gasteiger partial charge in [-0.2, -0.15) is 0 Å². The van der Waals surface area contributed by atoms with Crippen molar-refractivity contribution in [2.45, 2.75) is 69.4 Å². The SMILES string of the molecule is CCCCCC=NCC(O)CO[C@H]1O[C@H](CO)[C@H](O)[C@H](O)[C@H]1O. The first-order valence-corrected chi connectivity index (χ1v) is 8.09. The highest BCUT2D eigenvalue weighted by Gasteiger charge is 2.44. The molecule has 0 saturated carbocycles. The monoisotopic (exact) mass is 335 g/mol. The summed E-state index contributed by atoms with van der Waals surface area (Å²) in [5.41, 5.74) is 0. The van der Waals surface area contributed by atoms with Gasteiger partial charge in [0.05, 0.1) is 25.9 Å². The van der Waals surface area contributed by atoms with Crippen molar-refractivity contribution >= 4 is 6.21 Å². The van der Waals surface area contributed by atoms with Crippen LogP contribution in [0.25, 0.3) is 0 Å². The summed E-state index contributed by atoms with van der Waals surface area (Å²) in [6.07, 6.45) is -1.49. The van der Waals surface area contributed by atoms with Gasteiger partial charge in [-0.1, -0.05) is 19.8 Å². The summed E-state index contributed by atoms with van der Waals surface area (Å²) in [5, 5.41) is 47.9. The van der Waals surface area contributed by atoms with Crippen LogP contribution >= 0.6 is 0 Å². The summed E-state index contributed by atoms with van der Waals surface area (Å²) in [4.78, 5) is 4.10. The van der Waals surface area contributed by atoms with E-state index in [4.69, 9.17) is 14.6 Å². The zero-order chi connectivity index (χ0) is 17.2. The largest absolute Gasteiger partial charge is 0.394 e. The van der Waals surface area contributed by atoms with Crippen LogP contribution in [0.5, 0.6) is 0 Å². The van der Waals surface area contributed by atoms with Crippen LogP contribution < -0.4 is 0 Å². The quantitative estimate of drug-likeness (QED) is 0.251. The van der Waals surface area contributed by atoms with Gasteiger partial charge in [-0.25, -0.2) is 0 Å². The second-order valence-corrected chi connectivity index (χ2v) is 5.73. The van der Waals surface area contributed by atoms with Gasteiger partial charge in [0.2, 0.25) is 0 Å². The van der Waals surface area contributed by atoms with E-state index in [1.807, 2.05) is 0 Å². The number of aliphatic hydroxyl groups excluding tert-OH is 5. The van der Waals surface area contributed by atoms with Crippen molar-refractivity contribution in [1.82, 2.24) is 0 Å². The minimum Gasteiger partial charge on any atom is -0.394 e. The molecule has 1 unspecified atom stereocenters. The molecule has 1 rings (SSSR count). The summed E-state index contributed by atoms with van der Waals surface area (Å²) in [5.74, 6) is 0. The van der Waals surface area contributed by atoms with E-state index in [2.05, 4.69) is 11.9 Å². The van der Waals surface area contributed by atoms with Crippen LogP contribution in [-0.2, 0) is 9.47 Å². The predicted octanol–water partition coefficient (Wildman–Crippen LogP) is -1.19. The number of aliphatic hydroxyl groups is 5. The first-order valence-electron chi connectivity index (χ1n) is 8.09. The Morgan fingerprint density at radius 1 is 1.17 bits per heavy atom. The fourth-order valence-corrected chi connectivity index (χ4v) is 2.24. The van der Waals surface area contributed by atoms with Gasteiger partial charge in [-0.15, -0.1) is 0 Å². The molecule has 6 atom stereocenters. The van der Waals surface area contributed by atoms with Crippen LogP contribution in [0, 0.1) is 0 Å². The Balaban J connectivity index is 2.30. The highest BCUT2D eigenvalue weighted by atomic mass is 16.7. The van der Waals surface area contributed by atoms with Crippen LogP contribution in [-0.4, -0.2) is 88.3 Å². The molecule has 8 heteroatoms. The molecule has 0 aliphatic carbocycles. The van der Waals surface area contributed by atoms with E-state index < -0.39 is 43.4 Å². The lowest BCUT2D eigenvalue weighted by Gasteiger charge is -2.39. The fourth-order valence-electron chi connectivity index (χ4n) is 2.24. The third-order valence-electron chi connectivity index (χ3n) is 3.68. The van der Waals surface area contributed by atoms with Gasteiger partial charge < -0.3 is 35.0 Å². The summed E-state index contributed by atoms with van der Waals surface area (Å²) < 4.78 is 10.4. The molecule has 0 amide bonds. The van der Waals surface area contributed by atoms with Crippen molar-refractivity contribution < 1.29 is 35.0 Å². The highest BCUT2D eigenvalue weighted by Crippen LogP contribution is 2.21. The molecule has 0 aromatic heterocycles. The topological polar surface area (TPSA) is 132 Å². The van der Waals surface area contributed by atoms with Gasteiger partial charge in [0, 0.05) is 0 Å². The summed E-state index contributed by atoms with van der Waals surface area (Å²) >= 11 is 0. The number of ether oxygens (including phenoxy) is 2. The summed E-state index contributed by atoms with van der Waals surface area (Å²) in [7, 11) is 0. The molecule has 0 bridgehead atoms. The molecule has 1 aliphatic rings. The highest BCUT2D eigenvalue weighted by molar-refractivity contribution is 5.56. The average molecular weight is 335 g/mol. The Kier molecular flexibility index (Phi) is 9.80. The molecular weight excluding hydrogens is 306 g/mol. The van der Waals surface area contributed by atoms with E-state index in [0.29, 0.717) is 0 Å². The smallest absolute Gasteiger partial charge is 0.186 e. The van der Waals surface area contributed by atoms with Crippen LogP contribution in [0.3, 0.4) is 0 Å². The molecular formula is C15H29NO7. The molecule has 0 radical (unpaired) electrons.